The minimum absolute atomic E-state index is 0. The fraction of sp³-hybridized carbons (Fsp3) is 0.833. The van der Waals surface area contributed by atoms with Crippen LogP contribution in [-0.2, 0) is 9.47 Å². The lowest BCUT2D eigenvalue weighted by molar-refractivity contribution is 0.0470. The molecule has 0 aromatic carbocycles. The first-order valence-corrected chi connectivity index (χ1v) is 3.33. The first-order chi connectivity index (χ1) is 4.79. The van der Waals surface area contributed by atoms with Crippen molar-refractivity contribution >= 4 is 6.09 Å². The summed E-state index contributed by atoms with van der Waals surface area (Å²) < 4.78 is 9.71. The van der Waals surface area contributed by atoms with Gasteiger partial charge in [-0.05, 0) is 12.8 Å². The van der Waals surface area contributed by atoms with Crippen molar-refractivity contribution in [2.75, 3.05) is 13.2 Å². The van der Waals surface area contributed by atoms with Gasteiger partial charge in [0, 0.05) is 8.03 Å². The molecule has 0 spiro atoms. The van der Waals surface area contributed by atoms with E-state index < -0.39 is 6.09 Å². The molecule has 0 aliphatic carbocycles. The summed E-state index contributed by atoms with van der Waals surface area (Å²) in [5, 5.41) is 0. The summed E-state index contributed by atoms with van der Waals surface area (Å²) in [7, 11) is 0. The lowest BCUT2D eigenvalue weighted by Crippen LogP contribution is -2.21. The van der Waals surface area contributed by atoms with E-state index in [4.69, 9.17) is 10.5 Å². The molecule has 1 unspecified atom stereocenters. The Morgan fingerprint density at radius 1 is 1.90 bits per heavy atom. The Morgan fingerprint density at radius 2 is 2.70 bits per heavy atom. The number of nitrogens with two attached hydrogens (primary N) is 1. The third kappa shape index (κ3) is 2.23. The van der Waals surface area contributed by atoms with E-state index in [1.165, 1.54) is 0 Å². The maximum Gasteiger partial charge on any atom is 0.404 e. The number of carbonyl (C=O) groups excluding carboxylic acids is 1. The van der Waals surface area contributed by atoms with Gasteiger partial charge in [0.25, 0.3) is 0 Å². The summed E-state index contributed by atoms with van der Waals surface area (Å²) in [4.78, 5) is 10.1. The first kappa shape index (κ1) is 7.34. The molecule has 4 nitrogen and oxygen atoms in total. The van der Waals surface area contributed by atoms with Crippen molar-refractivity contribution in [1.29, 1.82) is 0 Å². The molecule has 1 aliphatic heterocycles. The summed E-state index contributed by atoms with van der Waals surface area (Å²) in [6, 6.07) is 0. The Hall–Kier alpha value is -0.770. The van der Waals surface area contributed by atoms with E-state index in [1.807, 2.05) is 0 Å². The SMILES string of the molecule is NC(=O)OCC1CCCO1.[HH]. The highest BCUT2D eigenvalue weighted by Crippen LogP contribution is 2.11. The molecule has 1 amide bonds. The topological polar surface area (TPSA) is 61.6 Å². The molecule has 0 saturated carbocycles. The van der Waals surface area contributed by atoms with E-state index in [0.717, 1.165) is 19.4 Å². The second-order valence-corrected chi connectivity index (χ2v) is 2.27. The maximum atomic E-state index is 10.1. The van der Waals surface area contributed by atoms with Crippen LogP contribution in [0.4, 0.5) is 4.79 Å². The van der Waals surface area contributed by atoms with Crippen LogP contribution in [0, 0.1) is 0 Å². The van der Waals surface area contributed by atoms with E-state index in [2.05, 4.69) is 4.74 Å². The van der Waals surface area contributed by atoms with Crippen LogP contribution in [0.2, 0.25) is 0 Å². The highest BCUT2D eigenvalue weighted by molar-refractivity contribution is 5.64. The lowest BCUT2D eigenvalue weighted by Gasteiger charge is -2.07. The fourth-order valence-electron chi connectivity index (χ4n) is 0.951. The first-order valence-electron chi connectivity index (χ1n) is 3.33. The van der Waals surface area contributed by atoms with Gasteiger partial charge in [-0.15, -0.1) is 0 Å². The van der Waals surface area contributed by atoms with Crippen LogP contribution in [0.15, 0.2) is 0 Å². The molecule has 1 fully saturated rings. The normalized spacial score (nSPS) is 24.6. The van der Waals surface area contributed by atoms with Crippen molar-refractivity contribution in [1.82, 2.24) is 0 Å². The number of carbonyl (C=O) groups is 1. The largest absolute Gasteiger partial charge is 0.447 e. The van der Waals surface area contributed by atoms with Crippen molar-refractivity contribution in [2.24, 2.45) is 5.73 Å². The van der Waals surface area contributed by atoms with Crippen LogP contribution in [0.1, 0.15) is 14.3 Å². The number of ether oxygens (including phenoxy) is 2. The summed E-state index contributed by atoms with van der Waals surface area (Å²) >= 11 is 0. The van der Waals surface area contributed by atoms with Gasteiger partial charge in [-0.1, -0.05) is 0 Å². The highest BCUT2D eigenvalue weighted by atomic mass is 16.6. The lowest BCUT2D eigenvalue weighted by atomic mass is 10.2. The van der Waals surface area contributed by atoms with E-state index in [0.29, 0.717) is 6.61 Å². The van der Waals surface area contributed by atoms with Gasteiger partial charge in [0.15, 0.2) is 0 Å². The molecule has 1 saturated heterocycles. The zero-order valence-corrected chi connectivity index (χ0v) is 5.71. The summed E-state index contributed by atoms with van der Waals surface area (Å²) in [6.07, 6.45) is 1.36. The molecule has 0 bridgehead atoms. The summed E-state index contributed by atoms with van der Waals surface area (Å²) in [5.41, 5.74) is 4.75. The zero-order chi connectivity index (χ0) is 7.40. The zero-order valence-electron chi connectivity index (χ0n) is 5.71. The smallest absolute Gasteiger partial charge is 0.404 e. The maximum absolute atomic E-state index is 10.1. The number of primary amides is 1. The molecule has 1 atom stereocenters. The fourth-order valence-corrected chi connectivity index (χ4v) is 0.951. The minimum atomic E-state index is -0.726. The average Bonchev–Trinajstić information content (AvgIpc) is 2.34. The van der Waals surface area contributed by atoms with E-state index in [-0.39, 0.29) is 7.53 Å². The monoisotopic (exact) mass is 147 g/mol. The Bertz CT molecular complexity index is 125. The van der Waals surface area contributed by atoms with Crippen LogP contribution in [0.3, 0.4) is 0 Å². The standard InChI is InChI=1S/C6H11NO3.H2/c7-6(8)10-4-5-2-1-3-9-5;/h5H,1-4H2,(H2,7,8);1H. The molecule has 0 aromatic rings. The van der Waals surface area contributed by atoms with Gasteiger partial charge in [0.2, 0.25) is 0 Å². The van der Waals surface area contributed by atoms with Gasteiger partial charge in [-0.3, -0.25) is 0 Å². The molecule has 0 radical (unpaired) electrons. The Morgan fingerprint density at radius 3 is 3.20 bits per heavy atom. The van der Waals surface area contributed by atoms with Gasteiger partial charge in [-0.2, -0.15) is 0 Å². The number of rotatable bonds is 2. The molecule has 0 aromatic heterocycles. The van der Waals surface area contributed by atoms with Crippen LogP contribution < -0.4 is 5.73 Å². The Kier molecular flexibility index (Phi) is 2.50. The van der Waals surface area contributed by atoms with Crippen molar-refractivity contribution in [3.8, 4) is 0 Å². The highest BCUT2D eigenvalue weighted by Gasteiger charge is 2.16. The van der Waals surface area contributed by atoms with Gasteiger partial charge in [0.1, 0.15) is 6.61 Å². The number of hydrogen-bond acceptors (Lipinski definition) is 3. The molecule has 10 heavy (non-hydrogen) atoms. The molecule has 1 aliphatic rings. The van der Waals surface area contributed by atoms with Crippen molar-refractivity contribution in [3.63, 3.8) is 0 Å². The molecule has 1 heterocycles. The predicted octanol–water partition coefficient (Wildman–Crippen LogP) is 0.507. The minimum Gasteiger partial charge on any atom is -0.447 e. The quantitative estimate of drug-likeness (QED) is 0.618. The number of hydrogen-bond donors (Lipinski definition) is 1. The van der Waals surface area contributed by atoms with Crippen LogP contribution >= 0.6 is 0 Å². The second-order valence-electron chi connectivity index (χ2n) is 2.27. The van der Waals surface area contributed by atoms with Gasteiger partial charge in [-0.25, -0.2) is 4.79 Å². The molecule has 1 rings (SSSR count). The Balaban J connectivity index is 0.000001000. The van der Waals surface area contributed by atoms with E-state index in [9.17, 15) is 4.79 Å². The second kappa shape index (κ2) is 3.41. The van der Waals surface area contributed by atoms with Crippen molar-refractivity contribution in [2.45, 2.75) is 18.9 Å². The average molecular weight is 147 g/mol. The summed E-state index contributed by atoms with van der Waals surface area (Å²) in [6.45, 7) is 1.07. The molecule has 60 valence electrons. The third-order valence-corrected chi connectivity index (χ3v) is 1.44. The van der Waals surface area contributed by atoms with Crippen molar-refractivity contribution < 1.29 is 15.7 Å². The third-order valence-electron chi connectivity index (χ3n) is 1.44. The number of amides is 1. The molecular weight excluding hydrogens is 134 g/mol. The van der Waals surface area contributed by atoms with Crippen molar-refractivity contribution in [3.05, 3.63) is 0 Å². The Labute approximate surface area is 60.8 Å². The van der Waals surface area contributed by atoms with Crippen LogP contribution in [-0.4, -0.2) is 25.4 Å². The van der Waals surface area contributed by atoms with Crippen LogP contribution in [0.5, 0.6) is 0 Å². The van der Waals surface area contributed by atoms with E-state index >= 15 is 0 Å². The molecule has 2 N–H and O–H groups in total. The van der Waals surface area contributed by atoms with Crippen LogP contribution in [0.25, 0.3) is 0 Å². The predicted molar refractivity (Wildman–Crippen MR) is 36.6 cm³/mol. The molecule has 4 heteroatoms. The van der Waals surface area contributed by atoms with Gasteiger partial charge >= 0.3 is 6.09 Å². The van der Waals surface area contributed by atoms with Gasteiger partial charge < -0.3 is 15.2 Å². The molecular formula is C6H13NO3. The van der Waals surface area contributed by atoms with E-state index in [1.54, 1.807) is 0 Å². The summed E-state index contributed by atoms with van der Waals surface area (Å²) in [5.74, 6) is 0. The van der Waals surface area contributed by atoms with Gasteiger partial charge in [0.05, 0.1) is 6.10 Å².